The zero-order valence-corrected chi connectivity index (χ0v) is 14.3. The zero-order chi connectivity index (χ0) is 18.5. The lowest BCUT2D eigenvalue weighted by Gasteiger charge is -2.06. The second-order valence-electron chi connectivity index (χ2n) is 5.91. The van der Waals surface area contributed by atoms with Crippen molar-refractivity contribution in [2.24, 2.45) is 0 Å². The standard InChI is InChI=1S/C20H19FN2O3/c1-13-17(23-20(26-13)15-7-3-4-8-16(15)21)12-19(25)22-11-10-14-6-2-5-9-18(14)24/h2-9,24H,10-12H2,1H3,(H,22,25). The van der Waals surface area contributed by atoms with Gasteiger partial charge in [0.2, 0.25) is 11.8 Å². The van der Waals surface area contributed by atoms with Gasteiger partial charge in [-0.15, -0.1) is 0 Å². The van der Waals surface area contributed by atoms with Crippen molar-refractivity contribution in [2.75, 3.05) is 6.54 Å². The number of hydrogen-bond acceptors (Lipinski definition) is 4. The summed E-state index contributed by atoms with van der Waals surface area (Å²) in [4.78, 5) is 16.4. The van der Waals surface area contributed by atoms with Gasteiger partial charge < -0.3 is 14.8 Å². The molecule has 0 spiro atoms. The Balaban J connectivity index is 1.60. The van der Waals surface area contributed by atoms with E-state index in [9.17, 15) is 14.3 Å². The van der Waals surface area contributed by atoms with Crippen molar-refractivity contribution >= 4 is 5.91 Å². The molecule has 26 heavy (non-hydrogen) atoms. The number of hydrogen-bond donors (Lipinski definition) is 2. The van der Waals surface area contributed by atoms with E-state index in [0.29, 0.717) is 24.4 Å². The molecule has 0 aliphatic carbocycles. The molecule has 2 N–H and O–H groups in total. The predicted octanol–water partition coefficient (Wildman–Crippen LogP) is 3.40. The van der Waals surface area contributed by atoms with E-state index in [2.05, 4.69) is 10.3 Å². The topological polar surface area (TPSA) is 75.4 Å². The summed E-state index contributed by atoms with van der Waals surface area (Å²) in [6.07, 6.45) is 0.571. The van der Waals surface area contributed by atoms with Gasteiger partial charge in [-0.3, -0.25) is 4.79 Å². The van der Waals surface area contributed by atoms with E-state index in [1.807, 2.05) is 12.1 Å². The highest BCUT2D eigenvalue weighted by atomic mass is 19.1. The molecule has 0 saturated heterocycles. The van der Waals surface area contributed by atoms with Crippen molar-refractivity contribution in [3.05, 3.63) is 71.4 Å². The Bertz CT molecular complexity index is 921. The number of amides is 1. The van der Waals surface area contributed by atoms with Crippen molar-refractivity contribution in [1.82, 2.24) is 10.3 Å². The molecule has 1 heterocycles. The fraction of sp³-hybridized carbons (Fsp3) is 0.200. The number of rotatable bonds is 6. The van der Waals surface area contributed by atoms with Gasteiger partial charge in [-0.05, 0) is 37.1 Å². The third-order valence-electron chi connectivity index (χ3n) is 4.03. The molecule has 0 atom stereocenters. The molecule has 2 aromatic carbocycles. The zero-order valence-electron chi connectivity index (χ0n) is 14.3. The van der Waals surface area contributed by atoms with E-state index in [1.54, 1.807) is 37.3 Å². The number of carbonyl (C=O) groups is 1. The number of halogens is 1. The summed E-state index contributed by atoms with van der Waals surface area (Å²) >= 11 is 0. The molecule has 0 aliphatic heterocycles. The fourth-order valence-corrected chi connectivity index (χ4v) is 2.62. The molecule has 1 amide bonds. The second-order valence-corrected chi connectivity index (χ2v) is 5.91. The molecule has 0 fully saturated rings. The average molecular weight is 354 g/mol. The van der Waals surface area contributed by atoms with E-state index < -0.39 is 5.82 Å². The number of nitrogens with one attached hydrogen (secondary N) is 1. The summed E-state index contributed by atoms with van der Waals surface area (Å²) in [5.41, 5.74) is 1.51. The quantitative estimate of drug-likeness (QED) is 0.711. The van der Waals surface area contributed by atoms with Gasteiger partial charge in [0, 0.05) is 6.54 Å². The van der Waals surface area contributed by atoms with Gasteiger partial charge in [-0.2, -0.15) is 0 Å². The summed E-state index contributed by atoms with van der Waals surface area (Å²) in [6.45, 7) is 2.09. The Kier molecular flexibility index (Phi) is 5.31. The highest BCUT2D eigenvalue weighted by Gasteiger charge is 2.16. The van der Waals surface area contributed by atoms with Crippen LogP contribution in [0.2, 0.25) is 0 Å². The molecular formula is C20H19FN2O3. The molecule has 0 aliphatic rings. The third-order valence-corrected chi connectivity index (χ3v) is 4.03. The monoisotopic (exact) mass is 354 g/mol. The Hall–Kier alpha value is -3.15. The van der Waals surface area contributed by atoms with E-state index in [4.69, 9.17) is 4.42 Å². The Morgan fingerprint density at radius 1 is 1.19 bits per heavy atom. The number of phenols is 1. The van der Waals surface area contributed by atoms with E-state index in [1.165, 1.54) is 6.07 Å². The number of para-hydroxylation sites is 1. The van der Waals surface area contributed by atoms with Crippen molar-refractivity contribution in [3.63, 3.8) is 0 Å². The van der Waals surface area contributed by atoms with Gasteiger partial charge in [0.1, 0.15) is 17.3 Å². The lowest BCUT2D eigenvalue weighted by molar-refractivity contribution is -0.120. The van der Waals surface area contributed by atoms with Crippen molar-refractivity contribution in [2.45, 2.75) is 19.8 Å². The van der Waals surface area contributed by atoms with Crippen LogP contribution in [0.5, 0.6) is 5.75 Å². The molecule has 0 unspecified atom stereocenters. The first-order chi connectivity index (χ1) is 12.5. The molecule has 0 bridgehead atoms. The second kappa shape index (κ2) is 7.82. The van der Waals surface area contributed by atoms with E-state index in [0.717, 1.165) is 5.56 Å². The SMILES string of the molecule is Cc1oc(-c2ccccc2F)nc1CC(=O)NCCc1ccccc1O. The molecule has 5 nitrogen and oxygen atoms in total. The van der Waals surface area contributed by atoms with Gasteiger partial charge in [0.15, 0.2) is 0 Å². The van der Waals surface area contributed by atoms with Crippen LogP contribution in [0.3, 0.4) is 0 Å². The Morgan fingerprint density at radius 2 is 1.92 bits per heavy atom. The van der Waals surface area contributed by atoms with E-state index >= 15 is 0 Å². The van der Waals surface area contributed by atoms with Crippen LogP contribution < -0.4 is 5.32 Å². The minimum Gasteiger partial charge on any atom is -0.508 e. The smallest absolute Gasteiger partial charge is 0.229 e. The Morgan fingerprint density at radius 3 is 2.69 bits per heavy atom. The number of phenolic OH excluding ortho intramolecular Hbond substituents is 1. The summed E-state index contributed by atoms with van der Waals surface area (Å²) in [7, 11) is 0. The summed E-state index contributed by atoms with van der Waals surface area (Å²) in [6, 6.07) is 13.2. The maximum Gasteiger partial charge on any atom is 0.229 e. The van der Waals surface area contributed by atoms with Gasteiger partial charge in [-0.1, -0.05) is 30.3 Å². The summed E-state index contributed by atoms with van der Waals surface area (Å²) < 4.78 is 19.3. The van der Waals surface area contributed by atoms with Crippen LogP contribution in [0.15, 0.2) is 52.9 Å². The first kappa shape index (κ1) is 17.7. The van der Waals surface area contributed by atoms with E-state index in [-0.39, 0.29) is 29.5 Å². The summed E-state index contributed by atoms with van der Waals surface area (Å²) in [5, 5.41) is 12.5. The number of aryl methyl sites for hydroxylation is 1. The lowest BCUT2D eigenvalue weighted by atomic mass is 10.1. The summed E-state index contributed by atoms with van der Waals surface area (Å²) in [5.74, 6) is 0.227. The molecule has 0 saturated carbocycles. The van der Waals surface area contributed by atoms with Crippen LogP contribution >= 0.6 is 0 Å². The van der Waals surface area contributed by atoms with Crippen molar-refractivity contribution in [3.8, 4) is 17.2 Å². The average Bonchev–Trinajstić information content (AvgIpc) is 2.97. The van der Waals surface area contributed by atoms with Crippen molar-refractivity contribution < 1.29 is 18.7 Å². The third kappa shape index (κ3) is 4.08. The first-order valence-electron chi connectivity index (χ1n) is 8.29. The number of carbonyl (C=O) groups excluding carboxylic acids is 1. The van der Waals surface area contributed by atoms with Crippen LogP contribution in [0.25, 0.3) is 11.5 Å². The van der Waals surface area contributed by atoms with Crippen LogP contribution in [0.4, 0.5) is 4.39 Å². The highest BCUT2D eigenvalue weighted by Crippen LogP contribution is 2.24. The lowest BCUT2D eigenvalue weighted by Crippen LogP contribution is -2.27. The maximum absolute atomic E-state index is 13.8. The number of aromatic hydroxyl groups is 1. The molecule has 134 valence electrons. The molecule has 6 heteroatoms. The first-order valence-corrected chi connectivity index (χ1v) is 8.29. The molecule has 3 aromatic rings. The van der Waals surface area contributed by atoms with Gasteiger partial charge in [-0.25, -0.2) is 9.37 Å². The molecule has 0 radical (unpaired) electrons. The molecular weight excluding hydrogens is 335 g/mol. The number of oxazole rings is 1. The normalized spacial score (nSPS) is 10.7. The fourth-order valence-electron chi connectivity index (χ4n) is 2.62. The van der Waals surface area contributed by atoms with Crippen LogP contribution in [0, 0.1) is 12.7 Å². The van der Waals surface area contributed by atoms with Crippen LogP contribution in [0.1, 0.15) is 17.0 Å². The maximum atomic E-state index is 13.8. The Labute approximate surface area is 150 Å². The predicted molar refractivity (Wildman–Crippen MR) is 95.2 cm³/mol. The van der Waals surface area contributed by atoms with Gasteiger partial charge in [0.25, 0.3) is 0 Å². The van der Waals surface area contributed by atoms with Gasteiger partial charge in [0.05, 0.1) is 17.7 Å². The molecule has 3 rings (SSSR count). The molecule has 1 aromatic heterocycles. The highest BCUT2D eigenvalue weighted by molar-refractivity contribution is 5.78. The van der Waals surface area contributed by atoms with Gasteiger partial charge >= 0.3 is 0 Å². The number of benzene rings is 2. The number of nitrogens with zero attached hydrogens (tertiary/aromatic N) is 1. The largest absolute Gasteiger partial charge is 0.508 e. The van der Waals surface area contributed by atoms with Crippen LogP contribution in [-0.2, 0) is 17.6 Å². The van der Waals surface area contributed by atoms with Crippen molar-refractivity contribution in [1.29, 1.82) is 0 Å². The van der Waals surface area contributed by atoms with Crippen LogP contribution in [-0.4, -0.2) is 22.5 Å². The minimum absolute atomic E-state index is 0.0462. The number of aromatic nitrogens is 1. The minimum atomic E-state index is -0.424.